The Morgan fingerprint density at radius 3 is 2.71 bits per heavy atom. The number of hydrogen-bond donors (Lipinski definition) is 1. The molecule has 0 aliphatic carbocycles. The zero-order valence-corrected chi connectivity index (χ0v) is 8.88. The summed E-state index contributed by atoms with van der Waals surface area (Å²) in [5, 5.41) is 8.91. The van der Waals surface area contributed by atoms with Crippen LogP contribution in [0.15, 0.2) is 10.8 Å². The van der Waals surface area contributed by atoms with E-state index in [9.17, 15) is 8.78 Å². The highest BCUT2D eigenvalue weighted by Crippen LogP contribution is 2.34. The molecule has 0 fully saturated rings. The molecular weight excluding hydrogens is 260 g/mol. The number of alkyl halides is 2. The van der Waals surface area contributed by atoms with Gasteiger partial charge in [-0.15, -0.1) is 0 Å². The van der Waals surface area contributed by atoms with Gasteiger partial charge in [0.2, 0.25) is 0 Å². The molecule has 0 unspecified atom stereocenters. The van der Waals surface area contributed by atoms with Crippen LogP contribution in [0, 0.1) is 0 Å². The molecule has 1 aromatic heterocycles. The highest BCUT2D eigenvalue weighted by molar-refractivity contribution is 9.10. The molecule has 3 nitrogen and oxygen atoms in total. The van der Waals surface area contributed by atoms with Gasteiger partial charge in [-0.1, -0.05) is 0 Å². The van der Waals surface area contributed by atoms with Crippen molar-refractivity contribution in [1.82, 2.24) is 4.98 Å². The predicted octanol–water partition coefficient (Wildman–Crippen LogP) is 2.28. The molecule has 0 saturated heterocycles. The molecule has 1 rings (SSSR count). The van der Waals surface area contributed by atoms with E-state index in [-0.39, 0.29) is 21.5 Å². The third-order valence-electron chi connectivity index (χ3n) is 1.73. The highest BCUT2D eigenvalue weighted by Gasteiger charge is 2.21. The van der Waals surface area contributed by atoms with Crippen LogP contribution in [0.2, 0.25) is 0 Å². The molecular formula is C8H8BrF2NO2. The lowest BCUT2D eigenvalue weighted by atomic mass is 10.1. The van der Waals surface area contributed by atoms with Gasteiger partial charge in [-0.2, -0.15) is 0 Å². The average molecular weight is 268 g/mol. The molecule has 0 aliphatic heterocycles. The molecule has 1 aromatic rings. The summed E-state index contributed by atoms with van der Waals surface area (Å²) in [7, 11) is 1.28. The summed E-state index contributed by atoms with van der Waals surface area (Å²) in [6, 6.07) is 0. The first-order chi connectivity index (χ1) is 6.61. The van der Waals surface area contributed by atoms with Crippen molar-refractivity contribution >= 4 is 15.9 Å². The van der Waals surface area contributed by atoms with Crippen molar-refractivity contribution in [2.45, 2.75) is 13.0 Å². The van der Waals surface area contributed by atoms with Crippen molar-refractivity contribution in [3.05, 3.63) is 21.9 Å². The molecule has 78 valence electrons. The number of aromatic nitrogens is 1. The molecule has 0 atom stereocenters. The fourth-order valence-corrected chi connectivity index (χ4v) is 1.52. The Labute approximate surface area is 87.9 Å². The average Bonchev–Trinajstić information content (AvgIpc) is 2.17. The Kier molecular flexibility index (Phi) is 3.77. The van der Waals surface area contributed by atoms with E-state index in [0.717, 1.165) is 0 Å². The van der Waals surface area contributed by atoms with Crippen LogP contribution in [0.5, 0.6) is 5.75 Å². The van der Waals surface area contributed by atoms with Crippen LogP contribution in [0.25, 0.3) is 0 Å². The highest BCUT2D eigenvalue weighted by atomic mass is 79.9. The Bertz CT molecular complexity index is 333. The topological polar surface area (TPSA) is 42.4 Å². The number of pyridine rings is 1. The second-order valence-electron chi connectivity index (χ2n) is 2.47. The van der Waals surface area contributed by atoms with Gasteiger partial charge in [0, 0.05) is 5.56 Å². The largest absolute Gasteiger partial charge is 0.495 e. The first-order valence-electron chi connectivity index (χ1n) is 3.72. The van der Waals surface area contributed by atoms with Crippen LogP contribution in [0.3, 0.4) is 0 Å². The van der Waals surface area contributed by atoms with E-state index in [1.165, 1.54) is 13.3 Å². The Balaban J connectivity index is 3.36. The number of nitrogens with zero attached hydrogens (tertiary/aromatic N) is 1. The maximum atomic E-state index is 12.6. The van der Waals surface area contributed by atoms with E-state index in [1.54, 1.807) is 0 Å². The maximum Gasteiger partial charge on any atom is 0.267 e. The molecule has 0 aromatic carbocycles. The minimum absolute atomic E-state index is 0.0211. The zero-order chi connectivity index (χ0) is 10.7. The summed E-state index contributed by atoms with van der Waals surface area (Å²) in [4.78, 5) is 3.76. The van der Waals surface area contributed by atoms with E-state index in [1.807, 2.05) is 0 Å². The lowest BCUT2D eigenvalue weighted by Crippen LogP contribution is -2.02. The molecule has 0 radical (unpaired) electrons. The first-order valence-corrected chi connectivity index (χ1v) is 4.51. The number of hydrogen-bond acceptors (Lipinski definition) is 3. The molecule has 14 heavy (non-hydrogen) atoms. The second kappa shape index (κ2) is 4.65. The standard InChI is InChI=1S/C8H8BrF2NO2/c1-14-5-2-12-7(9)4(3-13)6(5)8(10)11/h2,8,13H,3H2,1H3. The molecule has 0 aliphatic rings. The molecule has 1 N–H and O–H groups in total. The lowest BCUT2D eigenvalue weighted by molar-refractivity contribution is 0.142. The van der Waals surface area contributed by atoms with Crippen molar-refractivity contribution in [2.24, 2.45) is 0 Å². The summed E-state index contributed by atoms with van der Waals surface area (Å²) < 4.78 is 30.1. The van der Waals surface area contributed by atoms with Crippen LogP contribution < -0.4 is 4.74 Å². The lowest BCUT2D eigenvalue weighted by Gasteiger charge is -2.12. The molecule has 0 bridgehead atoms. The summed E-state index contributed by atoms with van der Waals surface area (Å²) in [6.07, 6.45) is -1.52. The number of halogens is 3. The van der Waals surface area contributed by atoms with Gasteiger partial charge in [0.15, 0.2) is 0 Å². The summed E-state index contributed by atoms with van der Waals surface area (Å²) in [6.45, 7) is -0.509. The van der Waals surface area contributed by atoms with Gasteiger partial charge >= 0.3 is 0 Å². The van der Waals surface area contributed by atoms with Crippen molar-refractivity contribution < 1.29 is 18.6 Å². The van der Waals surface area contributed by atoms with Gasteiger partial charge in [-0.25, -0.2) is 13.8 Å². The fourth-order valence-electron chi connectivity index (χ4n) is 1.07. The van der Waals surface area contributed by atoms with E-state index in [2.05, 4.69) is 20.9 Å². The maximum absolute atomic E-state index is 12.6. The van der Waals surface area contributed by atoms with Gasteiger partial charge in [0.25, 0.3) is 6.43 Å². The van der Waals surface area contributed by atoms with Crippen molar-refractivity contribution in [2.75, 3.05) is 7.11 Å². The molecule has 0 amide bonds. The molecule has 6 heteroatoms. The minimum atomic E-state index is -2.70. The quantitative estimate of drug-likeness (QED) is 0.855. The van der Waals surface area contributed by atoms with Crippen LogP contribution in [0.4, 0.5) is 8.78 Å². The van der Waals surface area contributed by atoms with Crippen LogP contribution in [-0.4, -0.2) is 17.2 Å². The van der Waals surface area contributed by atoms with Crippen molar-refractivity contribution in [1.29, 1.82) is 0 Å². The van der Waals surface area contributed by atoms with Crippen LogP contribution in [0.1, 0.15) is 17.6 Å². The zero-order valence-electron chi connectivity index (χ0n) is 7.30. The number of aliphatic hydroxyl groups is 1. The number of aliphatic hydroxyl groups excluding tert-OH is 1. The normalized spacial score (nSPS) is 10.7. The van der Waals surface area contributed by atoms with Gasteiger partial charge in [0.1, 0.15) is 10.4 Å². The number of rotatable bonds is 3. The molecule has 0 spiro atoms. The third kappa shape index (κ3) is 2.01. The smallest absolute Gasteiger partial charge is 0.267 e. The third-order valence-corrected chi connectivity index (χ3v) is 2.41. The van der Waals surface area contributed by atoms with Gasteiger partial charge in [0.05, 0.1) is 25.5 Å². The summed E-state index contributed by atoms with van der Waals surface area (Å²) in [5.41, 5.74) is -0.267. The number of ether oxygens (including phenoxy) is 1. The monoisotopic (exact) mass is 267 g/mol. The van der Waals surface area contributed by atoms with Crippen molar-refractivity contribution in [3.8, 4) is 5.75 Å². The Morgan fingerprint density at radius 2 is 2.29 bits per heavy atom. The number of methoxy groups -OCH3 is 1. The Hall–Kier alpha value is -0.750. The van der Waals surface area contributed by atoms with Crippen LogP contribution >= 0.6 is 15.9 Å². The SMILES string of the molecule is COc1cnc(Br)c(CO)c1C(F)F. The fraction of sp³-hybridized carbons (Fsp3) is 0.375. The molecule has 1 heterocycles. The van der Waals surface area contributed by atoms with E-state index in [0.29, 0.717) is 0 Å². The summed E-state index contributed by atoms with van der Waals surface area (Å²) >= 11 is 2.98. The van der Waals surface area contributed by atoms with E-state index >= 15 is 0 Å². The van der Waals surface area contributed by atoms with Crippen molar-refractivity contribution in [3.63, 3.8) is 0 Å². The van der Waals surface area contributed by atoms with Gasteiger partial charge in [-0.3, -0.25) is 0 Å². The van der Waals surface area contributed by atoms with E-state index < -0.39 is 13.0 Å². The summed E-state index contributed by atoms with van der Waals surface area (Å²) in [5.74, 6) is -0.0211. The van der Waals surface area contributed by atoms with E-state index in [4.69, 9.17) is 9.84 Å². The predicted molar refractivity (Wildman–Crippen MR) is 49.4 cm³/mol. The first kappa shape index (κ1) is 11.3. The van der Waals surface area contributed by atoms with Crippen LogP contribution in [-0.2, 0) is 6.61 Å². The van der Waals surface area contributed by atoms with Gasteiger partial charge < -0.3 is 9.84 Å². The van der Waals surface area contributed by atoms with Gasteiger partial charge in [-0.05, 0) is 15.9 Å². The Morgan fingerprint density at radius 1 is 1.64 bits per heavy atom. The minimum Gasteiger partial charge on any atom is -0.495 e. The second-order valence-corrected chi connectivity index (χ2v) is 3.22. The molecule has 0 saturated carbocycles.